The number of hydrogen-bond donors (Lipinski definition) is 1. The number of aryl methyl sites for hydroxylation is 2. The van der Waals surface area contributed by atoms with Gasteiger partial charge in [-0.3, -0.25) is 9.59 Å². The SMILES string of the molecule is Cc1ccc(NC(=O)COc2ccc3c(c2)[C@@H](c2ccc(C)cc2)N(C(=O)C2CC2)CC3)cc1. The molecule has 3 aromatic carbocycles. The number of rotatable bonds is 6. The van der Waals surface area contributed by atoms with Gasteiger partial charge in [0.1, 0.15) is 5.75 Å². The number of anilines is 1. The summed E-state index contributed by atoms with van der Waals surface area (Å²) >= 11 is 0. The van der Waals surface area contributed by atoms with Crippen molar-refractivity contribution < 1.29 is 14.3 Å². The van der Waals surface area contributed by atoms with E-state index in [1.165, 1.54) is 11.1 Å². The molecule has 174 valence electrons. The van der Waals surface area contributed by atoms with Crippen molar-refractivity contribution in [3.63, 3.8) is 0 Å². The van der Waals surface area contributed by atoms with Crippen molar-refractivity contribution in [2.45, 2.75) is 39.2 Å². The van der Waals surface area contributed by atoms with Crippen LogP contribution in [0.1, 0.15) is 46.7 Å². The van der Waals surface area contributed by atoms with Gasteiger partial charge >= 0.3 is 0 Å². The Kier molecular flexibility index (Phi) is 6.10. The zero-order valence-electron chi connectivity index (χ0n) is 19.7. The third kappa shape index (κ3) is 4.84. The van der Waals surface area contributed by atoms with Crippen LogP contribution >= 0.6 is 0 Å². The lowest BCUT2D eigenvalue weighted by Gasteiger charge is -2.38. The molecule has 5 rings (SSSR count). The molecule has 1 aliphatic heterocycles. The molecule has 1 atom stereocenters. The number of nitrogens with zero attached hydrogens (tertiary/aromatic N) is 1. The molecule has 2 aliphatic rings. The fourth-order valence-electron chi connectivity index (χ4n) is 4.58. The lowest BCUT2D eigenvalue weighted by molar-refractivity contribution is -0.134. The molecule has 0 radical (unpaired) electrons. The number of hydrogen-bond acceptors (Lipinski definition) is 3. The summed E-state index contributed by atoms with van der Waals surface area (Å²) < 4.78 is 5.87. The van der Waals surface area contributed by atoms with Gasteiger partial charge in [-0.25, -0.2) is 0 Å². The largest absolute Gasteiger partial charge is 0.484 e. The van der Waals surface area contributed by atoms with Crippen molar-refractivity contribution in [2.75, 3.05) is 18.5 Å². The van der Waals surface area contributed by atoms with Crippen molar-refractivity contribution in [3.05, 3.63) is 94.5 Å². The lowest BCUT2D eigenvalue weighted by Crippen LogP contribution is -2.41. The average molecular weight is 455 g/mol. The van der Waals surface area contributed by atoms with E-state index in [2.05, 4.69) is 42.6 Å². The number of carbonyl (C=O) groups is 2. The number of nitrogens with one attached hydrogen (secondary N) is 1. The Morgan fingerprint density at radius 1 is 0.941 bits per heavy atom. The fourth-order valence-corrected chi connectivity index (χ4v) is 4.58. The van der Waals surface area contributed by atoms with Crippen molar-refractivity contribution in [3.8, 4) is 5.75 Å². The van der Waals surface area contributed by atoms with E-state index in [9.17, 15) is 9.59 Å². The van der Waals surface area contributed by atoms with Gasteiger partial charge in [0.2, 0.25) is 5.91 Å². The Bertz CT molecular complexity index is 1200. The van der Waals surface area contributed by atoms with E-state index in [0.717, 1.165) is 48.2 Å². The first-order chi connectivity index (χ1) is 16.5. The number of carbonyl (C=O) groups excluding carboxylic acids is 2. The van der Waals surface area contributed by atoms with Crippen LogP contribution in [0.25, 0.3) is 0 Å². The molecule has 1 heterocycles. The van der Waals surface area contributed by atoms with Crippen LogP contribution in [0.4, 0.5) is 5.69 Å². The lowest BCUT2D eigenvalue weighted by atomic mass is 9.87. The van der Waals surface area contributed by atoms with Crippen LogP contribution in [0.3, 0.4) is 0 Å². The number of benzene rings is 3. The molecule has 0 aromatic heterocycles. The Morgan fingerprint density at radius 2 is 1.62 bits per heavy atom. The van der Waals surface area contributed by atoms with Gasteiger partial charge in [0.15, 0.2) is 6.61 Å². The van der Waals surface area contributed by atoms with Gasteiger partial charge in [-0.15, -0.1) is 0 Å². The molecule has 3 aromatic rings. The second kappa shape index (κ2) is 9.34. The molecule has 1 N–H and O–H groups in total. The minimum absolute atomic E-state index is 0.0768. The fraction of sp³-hybridized carbons (Fsp3) is 0.310. The Balaban J connectivity index is 1.37. The van der Waals surface area contributed by atoms with Crippen LogP contribution < -0.4 is 10.1 Å². The van der Waals surface area contributed by atoms with Gasteiger partial charge in [-0.05, 0) is 74.1 Å². The first kappa shape index (κ1) is 22.2. The molecule has 0 saturated heterocycles. The topological polar surface area (TPSA) is 58.6 Å². The third-order valence-corrected chi connectivity index (χ3v) is 6.65. The molecule has 1 aliphatic carbocycles. The molecule has 2 amide bonds. The van der Waals surface area contributed by atoms with Crippen molar-refractivity contribution in [1.29, 1.82) is 0 Å². The quantitative estimate of drug-likeness (QED) is 0.557. The van der Waals surface area contributed by atoms with E-state index in [1.54, 1.807) is 0 Å². The van der Waals surface area contributed by atoms with Gasteiger partial charge < -0.3 is 15.0 Å². The summed E-state index contributed by atoms with van der Waals surface area (Å²) in [7, 11) is 0. The molecule has 5 nitrogen and oxygen atoms in total. The van der Waals surface area contributed by atoms with Crippen LogP contribution in [0.5, 0.6) is 5.75 Å². The minimum atomic E-state index is -0.206. The number of amides is 2. The maximum atomic E-state index is 13.2. The maximum Gasteiger partial charge on any atom is 0.262 e. The first-order valence-electron chi connectivity index (χ1n) is 12.0. The Hall–Kier alpha value is -3.60. The molecule has 0 unspecified atom stereocenters. The molecule has 1 fully saturated rings. The van der Waals surface area contributed by atoms with E-state index >= 15 is 0 Å². The molecule has 5 heteroatoms. The number of fused-ring (bicyclic) bond motifs is 1. The average Bonchev–Trinajstić information content (AvgIpc) is 3.69. The number of ether oxygens (including phenoxy) is 1. The Morgan fingerprint density at radius 3 is 2.29 bits per heavy atom. The minimum Gasteiger partial charge on any atom is -0.484 e. The highest BCUT2D eigenvalue weighted by Crippen LogP contribution is 2.41. The van der Waals surface area contributed by atoms with E-state index in [0.29, 0.717) is 5.75 Å². The van der Waals surface area contributed by atoms with Gasteiger partial charge in [0, 0.05) is 18.2 Å². The van der Waals surface area contributed by atoms with Crippen molar-refractivity contribution in [1.82, 2.24) is 4.90 Å². The van der Waals surface area contributed by atoms with E-state index in [-0.39, 0.29) is 30.4 Å². The van der Waals surface area contributed by atoms with Crippen LogP contribution in [-0.2, 0) is 16.0 Å². The zero-order chi connectivity index (χ0) is 23.7. The van der Waals surface area contributed by atoms with Gasteiger partial charge in [0.05, 0.1) is 6.04 Å². The highest BCUT2D eigenvalue weighted by molar-refractivity contribution is 5.91. The molecular weight excluding hydrogens is 424 g/mol. The van der Waals surface area contributed by atoms with E-state index in [4.69, 9.17) is 4.74 Å². The van der Waals surface area contributed by atoms with Crippen LogP contribution in [0.2, 0.25) is 0 Å². The second-order valence-electron chi connectivity index (χ2n) is 9.43. The standard InChI is InChI=1S/C29H30N2O3/c1-19-3-7-22(8-4-19)28-26-17-25(34-18-27(32)30-24-12-5-20(2)6-13-24)14-11-21(26)15-16-31(28)29(33)23-9-10-23/h3-8,11-14,17,23,28H,9-10,15-16,18H2,1-2H3,(H,30,32)/t28-/m1/s1. The van der Waals surface area contributed by atoms with Gasteiger partial charge in [0.25, 0.3) is 5.91 Å². The zero-order valence-corrected chi connectivity index (χ0v) is 19.7. The van der Waals surface area contributed by atoms with Crippen molar-refractivity contribution in [2.24, 2.45) is 5.92 Å². The predicted molar refractivity (Wildman–Crippen MR) is 133 cm³/mol. The van der Waals surface area contributed by atoms with Gasteiger partial charge in [-0.1, -0.05) is 53.6 Å². The Labute approximate surface area is 200 Å². The van der Waals surface area contributed by atoms with Gasteiger partial charge in [-0.2, -0.15) is 0 Å². The molecule has 0 spiro atoms. The highest BCUT2D eigenvalue weighted by Gasteiger charge is 2.39. The van der Waals surface area contributed by atoms with E-state index < -0.39 is 0 Å². The summed E-state index contributed by atoms with van der Waals surface area (Å²) in [6, 6.07) is 22.0. The summed E-state index contributed by atoms with van der Waals surface area (Å²) in [5.74, 6) is 0.845. The molecule has 34 heavy (non-hydrogen) atoms. The summed E-state index contributed by atoms with van der Waals surface area (Å²) in [5, 5.41) is 2.87. The second-order valence-corrected chi connectivity index (χ2v) is 9.43. The molecule has 1 saturated carbocycles. The molecule has 0 bridgehead atoms. The summed E-state index contributed by atoms with van der Waals surface area (Å²) in [6.45, 7) is 4.72. The smallest absolute Gasteiger partial charge is 0.262 e. The maximum absolute atomic E-state index is 13.2. The highest BCUT2D eigenvalue weighted by atomic mass is 16.5. The van der Waals surface area contributed by atoms with E-state index in [1.807, 2.05) is 48.2 Å². The summed E-state index contributed by atoms with van der Waals surface area (Å²) in [4.78, 5) is 27.6. The summed E-state index contributed by atoms with van der Waals surface area (Å²) in [5.41, 5.74) is 6.49. The van der Waals surface area contributed by atoms with Crippen LogP contribution in [0, 0.1) is 19.8 Å². The first-order valence-corrected chi connectivity index (χ1v) is 12.0. The van der Waals surface area contributed by atoms with Crippen molar-refractivity contribution >= 4 is 17.5 Å². The van der Waals surface area contributed by atoms with Crippen LogP contribution in [0.15, 0.2) is 66.7 Å². The van der Waals surface area contributed by atoms with Crippen LogP contribution in [-0.4, -0.2) is 29.9 Å². The predicted octanol–water partition coefficient (Wildman–Crippen LogP) is 5.21. The normalized spacial score (nSPS) is 17.1. The summed E-state index contributed by atoms with van der Waals surface area (Å²) in [6.07, 6.45) is 2.80. The molecular formula is C29H30N2O3. The third-order valence-electron chi connectivity index (χ3n) is 6.65. The monoisotopic (exact) mass is 454 g/mol.